The molecule has 120 valence electrons. The third-order valence-electron chi connectivity index (χ3n) is 2.65. The molecule has 2 aromatic carbocycles. The van der Waals surface area contributed by atoms with E-state index < -0.39 is 0 Å². The van der Waals surface area contributed by atoms with Crippen LogP contribution in [0.1, 0.15) is 11.1 Å². The van der Waals surface area contributed by atoms with Crippen molar-refractivity contribution in [3.8, 4) is 0 Å². The molecule has 0 aliphatic carbocycles. The van der Waals surface area contributed by atoms with Gasteiger partial charge in [-0.1, -0.05) is 29.8 Å². The van der Waals surface area contributed by atoms with E-state index in [4.69, 9.17) is 0 Å². The average molecular weight is 298 g/mol. The van der Waals surface area contributed by atoms with Gasteiger partial charge in [-0.3, -0.25) is 0 Å². The maximum atomic E-state index is 3.07. The maximum Gasteiger partial charge on any atom is 0.0340 e. The predicted octanol–water partition coefficient (Wildman–Crippen LogP) is 5.68. The summed E-state index contributed by atoms with van der Waals surface area (Å²) in [6.45, 7) is 16.2. The lowest BCUT2D eigenvalue weighted by molar-refractivity contribution is 1.43. The van der Waals surface area contributed by atoms with E-state index in [1.807, 2.05) is 26.2 Å². The third kappa shape index (κ3) is 10.3. The number of hydrogen-bond donors (Lipinski definition) is 2. The van der Waals surface area contributed by atoms with Crippen LogP contribution in [0.2, 0.25) is 0 Å². The van der Waals surface area contributed by atoms with Crippen LogP contribution >= 0.6 is 0 Å². The standard InChI is InChI=1S/2C8H11N.2C2H4/c1-7-3-5-8(9-2)6-4-7;1-7-4-3-5-8(6-7)9-2;2*1-2/h2*3-6,9H,1-2H3;2*1-2H2. The van der Waals surface area contributed by atoms with E-state index in [1.165, 1.54) is 22.5 Å². The third-order valence-corrected chi connectivity index (χ3v) is 2.65. The minimum Gasteiger partial charge on any atom is -0.388 e. The van der Waals surface area contributed by atoms with Crippen LogP contribution in [0.3, 0.4) is 0 Å². The van der Waals surface area contributed by atoms with Crippen molar-refractivity contribution in [3.63, 3.8) is 0 Å². The van der Waals surface area contributed by atoms with Crippen LogP contribution in [0.25, 0.3) is 0 Å². The first-order valence-electron chi connectivity index (χ1n) is 7.14. The van der Waals surface area contributed by atoms with Crippen LogP contribution in [-0.4, -0.2) is 14.1 Å². The molecule has 0 bridgehead atoms. The Morgan fingerprint density at radius 3 is 1.50 bits per heavy atom. The molecule has 2 rings (SSSR count). The summed E-state index contributed by atoms with van der Waals surface area (Å²) >= 11 is 0. The normalized spacial score (nSPS) is 7.82. The molecule has 2 heteroatoms. The SMILES string of the molecule is C=C.C=C.CNc1ccc(C)cc1.CNc1cccc(C)c1. The zero-order valence-electron chi connectivity index (χ0n) is 14.4. The molecule has 0 amide bonds. The number of benzene rings is 2. The van der Waals surface area contributed by atoms with Crippen molar-refractivity contribution in [3.05, 3.63) is 86.0 Å². The highest BCUT2D eigenvalue weighted by atomic mass is 14.8. The minimum absolute atomic E-state index is 1.17. The Labute approximate surface area is 136 Å². The predicted molar refractivity (Wildman–Crippen MR) is 104 cm³/mol. The number of nitrogens with one attached hydrogen (secondary N) is 2. The van der Waals surface area contributed by atoms with Crippen molar-refractivity contribution in [1.82, 2.24) is 0 Å². The molecule has 0 aliphatic heterocycles. The van der Waals surface area contributed by atoms with Crippen LogP contribution in [0.15, 0.2) is 74.8 Å². The molecule has 0 saturated heterocycles. The van der Waals surface area contributed by atoms with Gasteiger partial charge in [0.1, 0.15) is 0 Å². The summed E-state index contributed by atoms with van der Waals surface area (Å²) in [4.78, 5) is 0. The van der Waals surface area contributed by atoms with Crippen LogP contribution in [0.4, 0.5) is 11.4 Å². The van der Waals surface area contributed by atoms with E-state index in [0.29, 0.717) is 0 Å². The van der Waals surface area contributed by atoms with Crippen molar-refractivity contribution in [2.24, 2.45) is 0 Å². The molecule has 0 fully saturated rings. The molecule has 0 spiro atoms. The molecule has 22 heavy (non-hydrogen) atoms. The lowest BCUT2D eigenvalue weighted by Gasteiger charge is -1.98. The molecule has 2 N–H and O–H groups in total. The van der Waals surface area contributed by atoms with Crippen LogP contribution in [0, 0.1) is 13.8 Å². The van der Waals surface area contributed by atoms with Gasteiger partial charge >= 0.3 is 0 Å². The van der Waals surface area contributed by atoms with Gasteiger partial charge in [-0.15, -0.1) is 26.3 Å². The number of aryl methyl sites for hydroxylation is 2. The van der Waals surface area contributed by atoms with Gasteiger partial charge in [0.25, 0.3) is 0 Å². The van der Waals surface area contributed by atoms with Crippen LogP contribution in [-0.2, 0) is 0 Å². The van der Waals surface area contributed by atoms with E-state index in [0.717, 1.165) is 0 Å². The van der Waals surface area contributed by atoms with E-state index >= 15 is 0 Å². The van der Waals surface area contributed by atoms with Crippen molar-refractivity contribution >= 4 is 11.4 Å². The summed E-state index contributed by atoms with van der Waals surface area (Å²) in [5, 5.41) is 6.12. The van der Waals surface area contributed by atoms with E-state index in [-0.39, 0.29) is 0 Å². The molecule has 0 unspecified atom stereocenters. The Morgan fingerprint density at radius 2 is 1.14 bits per heavy atom. The molecule has 2 nitrogen and oxygen atoms in total. The second kappa shape index (κ2) is 14.9. The highest BCUT2D eigenvalue weighted by Gasteiger charge is 1.85. The van der Waals surface area contributed by atoms with Gasteiger partial charge in [0.2, 0.25) is 0 Å². The fraction of sp³-hybridized carbons (Fsp3) is 0.200. The number of hydrogen-bond acceptors (Lipinski definition) is 2. The molecular formula is C20H30N2. The zero-order valence-corrected chi connectivity index (χ0v) is 14.4. The Kier molecular flexibility index (Phi) is 14.8. The molecule has 0 aromatic heterocycles. The molecule has 0 saturated carbocycles. The second-order valence-corrected chi connectivity index (χ2v) is 4.24. The lowest BCUT2D eigenvalue weighted by atomic mass is 10.2. The van der Waals surface area contributed by atoms with Gasteiger partial charge in [-0.25, -0.2) is 0 Å². The fourth-order valence-electron chi connectivity index (χ4n) is 1.52. The van der Waals surface area contributed by atoms with Gasteiger partial charge in [0.05, 0.1) is 0 Å². The summed E-state index contributed by atoms with van der Waals surface area (Å²) < 4.78 is 0. The first-order valence-corrected chi connectivity index (χ1v) is 7.14. The summed E-state index contributed by atoms with van der Waals surface area (Å²) in [5.74, 6) is 0. The highest BCUT2D eigenvalue weighted by molar-refractivity contribution is 5.44. The topological polar surface area (TPSA) is 24.1 Å². The van der Waals surface area contributed by atoms with Gasteiger partial charge in [-0.2, -0.15) is 0 Å². The summed E-state index contributed by atoms with van der Waals surface area (Å²) in [7, 11) is 3.85. The van der Waals surface area contributed by atoms with E-state index in [9.17, 15) is 0 Å². The fourth-order valence-corrected chi connectivity index (χ4v) is 1.52. The van der Waals surface area contributed by atoms with Crippen molar-refractivity contribution in [2.45, 2.75) is 13.8 Å². The molecular weight excluding hydrogens is 268 g/mol. The highest BCUT2D eigenvalue weighted by Crippen LogP contribution is 2.07. The smallest absolute Gasteiger partial charge is 0.0340 e. The van der Waals surface area contributed by atoms with Gasteiger partial charge in [0.15, 0.2) is 0 Å². The maximum absolute atomic E-state index is 3.07. The number of rotatable bonds is 2. The summed E-state index contributed by atoms with van der Waals surface area (Å²) in [5.41, 5.74) is 4.94. The molecule has 0 radical (unpaired) electrons. The monoisotopic (exact) mass is 298 g/mol. The molecule has 0 aliphatic rings. The van der Waals surface area contributed by atoms with Crippen molar-refractivity contribution < 1.29 is 0 Å². The molecule has 2 aromatic rings. The van der Waals surface area contributed by atoms with Crippen molar-refractivity contribution in [2.75, 3.05) is 24.7 Å². The van der Waals surface area contributed by atoms with E-state index in [1.54, 1.807) is 0 Å². The van der Waals surface area contributed by atoms with Gasteiger partial charge < -0.3 is 10.6 Å². The molecule has 0 heterocycles. The Bertz CT molecular complexity index is 487. The van der Waals surface area contributed by atoms with Crippen molar-refractivity contribution in [1.29, 1.82) is 0 Å². The largest absolute Gasteiger partial charge is 0.388 e. The first kappa shape index (κ1) is 21.8. The summed E-state index contributed by atoms with van der Waals surface area (Å²) in [6.07, 6.45) is 0. The second-order valence-electron chi connectivity index (χ2n) is 4.24. The molecule has 0 atom stereocenters. The van der Waals surface area contributed by atoms with Crippen LogP contribution in [0.5, 0.6) is 0 Å². The Hall–Kier alpha value is -2.48. The first-order chi connectivity index (χ1) is 10.7. The lowest BCUT2D eigenvalue weighted by Crippen LogP contribution is -1.86. The Morgan fingerprint density at radius 1 is 0.636 bits per heavy atom. The van der Waals surface area contributed by atoms with E-state index in [2.05, 4.69) is 87.2 Å². The number of anilines is 2. The zero-order chi connectivity index (χ0) is 17.4. The Balaban J connectivity index is 0. The average Bonchev–Trinajstić information content (AvgIpc) is 2.60. The van der Waals surface area contributed by atoms with Gasteiger partial charge in [-0.05, 0) is 43.7 Å². The quantitative estimate of drug-likeness (QED) is 0.697. The van der Waals surface area contributed by atoms with Gasteiger partial charge in [0, 0.05) is 25.5 Å². The summed E-state index contributed by atoms with van der Waals surface area (Å²) in [6, 6.07) is 16.6. The van der Waals surface area contributed by atoms with Crippen LogP contribution < -0.4 is 10.6 Å². The minimum atomic E-state index is 1.17.